The van der Waals surface area contributed by atoms with Gasteiger partial charge < -0.3 is 0 Å². The van der Waals surface area contributed by atoms with Crippen LogP contribution in [0.1, 0.15) is 0 Å². The molecule has 0 fully saturated rings. The van der Waals surface area contributed by atoms with Gasteiger partial charge in [-0.3, -0.25) is 0 Å². The topological polar surface area (TPSA) is 43.0 Å². The molecule has 4 nitrogen and oxygen atoms in total. The van der Waals surface area contributed by atoms with Crippen molar-refractivity contribution in [2.24, 2.45) is 0 Å². The Bertz CT molecular complexity index is 2350. The lowest BCUT2D eigenvalue weighted by atomic mass is 9.96. The van der Waals surface area contributed by atoms with Crippen LogP contribution in [0, 0.1) is 6.57 Å². The molecular weight excluding hydrogens is 585 g/mol. The molecule has 48 heavy (non-hydrogen) atoms. The normalized spacial score (nSPS) is 10.9. The second kappa shape index (κ2) is 12.6. The molecule has 7 aromatic carbocycles. The molecule has 0 atom stereocenters. The molecule has 0 aliphatic heterocycles. The first-order valence-electron chi connectivity index (χ1n) is 15.8. The Morgan fingerprint density at radius 1 is 0.312 bits per heavy atom. The summed E-state index contributed by atoms with van der Waals surface area (Å²) < 4.78 is 0. The average Bonchev–Trinajstić information content (AvgIpc) is 3.18. The second-order valence-corrected chi connectivity index (χ2v) is 11.6. The van der Waals surface area contributed by atoms with Crippen molar-refractivity contribution >= 4 is 16.5 Å². The van der Waals surface area contributed by atoms with Gasteiger partial charge >= 0.3 is 0 Å². The predicted octanol–water partition coefficient (Wildman–Crippen LogP) is 11.6. The monoisotopic (exact) mass is 612 g/mol. The van der Waals surface area contributed by atoms with E-state index in [1.165, 1.54) is 16.3 Å². The molecule has 8 aromatic rings. The zero-order chi connectivity index (χ0) is 32.3. The van der Waals surface area contributed by atoms with E-state index in [0.717, 1.165) is 44.5 Å². The smallest absolute Gasteiger partial charge is 0.187 e. The molecule has 0 amide bonds. The second-order valence-electron chi connectivity index (χ2n) is 11.6. The summed E-state index contributed by atoms with van der Waals surface area (Å²) >= 11 is 0. The van der Waals surface area contributed by atoms with Crippen LogP contribution in [0.15, 0.2) is 170 Å². The molecule has 224 valence electrons. The lowest BCUT2D eigenvalue weighted by Gasteiger charge is -2.10. The molecule has 8 rings (SSSR count). The lowest BCUT2D eigenvalue weighted by molar-refractivity contribution is 1.07. The quantitative estimate of drug-likeness (QED) is 0.175. The van der Waals surface area contributed by atoms with E-state index in [-0.39, 0.29) is 0 Å². The van der Waals surface area contributed by atoms with Gasteiger partial charge in [0.1, 0.15) is 0 Å². The van der Waals surface area contributed by atoms with Gasteiger partial charge in [-0.2, -0.15) is 0 Å². The van der Waals surface area contributed by atoms with Crippen LogP contribution in [-0.2, 0) is 0 Å². The average molecular weight is 613 g/mol. The summed E-state index contributed by atoms with van der Waals surface area (Å²) in [5.74, 6) is 1.95. The molecule has 0 aliphatic carbocycles. The molecule has 0 saturated heterocycles. The number of nitrogens with zero attached hydrogens (tertiary/aromatic N) is 4. The third-order valence-electron chi connectivity index (χ3n) is 8.56. The summed E-state index contributed by atoms with van der Waals surface area (Å²) in [5, 5.41) is 2.38. The van der Waals surface area contributed by atoms with Crippen molar-refractivity contribution in [3.8, 4) is 67.5 Å². The van der Waals surface area contributed by atoms with Gasteiger partial charge in [0.2, 0.25) is 0 Å². The van der Waals surface area contributed by atoms with Crippen molar-refractivity contribution in [1.82, 2.24) is 15.0 Å². The van der Waals surface area contributed by atoms with Crippen molar-refractivity contribution in [3.05, 3.63) is 181 Å². The predicted molar refractivity (Wildman–Crippen MR) is 196 cm³/mol. The molecule has 0 bridgehead atoms. The van der Waals surface area contributed by atoms with Gasteiger partial charge in [-0.1, -0.05) is 158 Å². The lowest BCUT2D eigenvalue weighted by Crippen LogP contribution is -2.00. The fraction of sp³-hybridized carbons (Fsp3) is 0. The van der Waals surface area contributed by atoms with E-state index in [9.17, 15) is 0 Å². The van der Waals surface area contributed by atoms with Gasteiger partial charge in [0.05, 0.1) is 6.57 Å². The number of benzene rings is 7. The maximum atomic E-state index is 7.18. The molecule has 0 unspecified atom stereocenters. The minimum absolute atomic E-state index is 0.642. The van der Waals surface area contributed by atoms with E-state index in [1.807, 2.05) is 84.9 Å². The highest BCUT2D eigenvalue weighted by Gasteiger charge is 2.12. The Balaban J connectivity index is 1.09. The highest BCUT2D eigenvalue weighted by molar-refractivity contribution is 5.91. The van der Waals surface area contributed by atoms with Crippen molar-refractivity contribution in [3.63, 3.8) is 0 Å². The number of fused-ring (bicyclic) bond motifs is 1. The standard InChI is InChI=1S/C44H28N4/c1-45-41-26-24-31(25-27-41)30-12-14-32(15-13-30)38-22-18-34-19-23-39(29-40(34)28-38)33-16-20-37(21-17-33)44-47-42(35-8-4-2-5-9-35)46-43(48-44)36-10-6-3-7-11-36/h2-29H. The summed E-state index contributed by atoms with van der Waals surface area (Å²) in [5.41, 5.74) is 10.3. The molecule has 4 heteroatoms. The summed E-state index contributed by atoms with van der Waals surface area (Å²) in [6.07, 6.45) is 0. The molecule has 0 spiro atoms. The third kappa shape index (κ3) is 5.85. The highest BCUT2D eigenvalue weighted by atomic mass is 15.0. The van der Waals surface area contributed by atoms with Crippen LogP contribution < -0.4 is 0 Å². The zero-order valence-electron chi connectivity index (χ0n) is 26.0. The van der Waals surface area contributed by atoms with Crippen molar-refractivity contribution in [2.45, 2.75) is 0 Å². The molecule has 1 aromatic heterocycles. The number of aromatic nitrogens is 3. The largest absolute Gasteiger partial charge is 0.238 e. The summed E-state index contributed by atoms with van der Waals surface area (Å²) in [6.45, 7) is 7.18. The van der Waals surface area contributed by atoms with Gasteiger partial charge in [0.15, 0.2) is 23.2 Å². The first-order valence-corrected chi connectivity index (χ1v) is 15.8. The Labute approximate surface area is 279 Å². The third-order valence-corrected chi connectivity index (χ3v) is 8.56. The number of hydrogen-bond donors (Lipinski definition) is 0. The van der Waals surface area contributed by atoms with Gasteiger partial charge in [-0.25, -0.2) is 19.8 Å². The number of rotatable bonds is 6. The van der Waals surface area contributed by atoms with E-state index < -0.39 is 0 Å². The SMILES string of the molecule is [C-]#[N+]c1ccc(-c2ccc(-c3ccc4ccc(-c5ccc(-c6nc(-c7ccccc7)nc(-c7ccccc7)n6)cc5)cc4c3)cc2)cc1. The molecule has 0 radical (unpaired) electrons. The van der Waals surface area contributed by atoms with Gasteiger partial charge in [-0.15, -0.1) is 0 Å². The van der Waals surface area contributed by atoms with Crippen molar-refractivity contribution in [2.75, 3.05) is 0 Å². The Morgan fingerprint density at radius 2 is 0.646 bits per heavy atom. The Kier molecular flexibility index (Phi) is 7.54. The molecule has 0 aliphatic rings. The van der Waals surface area contributed by atoms with Crippen molar-refractivity contribution in [1.29, 1.82) is 0 Å². The van der Waals surface area contributed by atoms with E-state index >= 15 is 0 Å². The van der Waals surface area contributed by atoms with E-state index in [4.69, 9.17) is 21.5 Å². The maximum Gasteiger partial charge on any atom is 0.187 e. The van der Waals surface area contributed by atoms with Crippen LogP contribution in [0.5, 0.6) is 0 Å². The first kappa shape index (κ1) is 28.8. The van der Waals surface area contributed by atoms with Gasteiger partial charge in [-0.05, 0) is 56.3 Å². The fourth-order valence-corrected chi connectivity index (χ4v) is 5.94. The molecular formula is C44H28N4. The van der Waals surface area contributed by atoms with Crippen molar-refractivity contribution < 1.29 is 0 Å². The van der Waals surface area contributed by atoms with Gasteiger partial charge in [0, 0.05) is 16.7 Å². The maximum absolute atomic E-state index is 7.18. The summed E-state index contributed by atoms with van der Waals surface area (Å²) in [4.78, 5) is 18.1. The Morgan fingerprint density at radius 3 is 1.06 bits per heavy atom. The zero-order valence-corrected chi connectivity index (χ0v) is 26.0. The Hall–Kier alpha value is -6.70. The van der Waals surface area contributed by atoms with E-state index in [2.05, 4.69) is 89.8 Å². The first-order chi connectivity index (χ1) is 23.7. The fourth-order valence-electron chi connectivity index (χ4n) is 5.94. The van der Waals surface area contributed by atoms with Gasteiger partial charge in [0.25, 0.3) is 0 Å². The minimum Gasteiger partial charge on any atom is -0.238 e. The summed E-state index contributed by atoms with van der Waals surface area (Å²) in [6, 6.07) is 58.1. The molecule has 0 N–H and O–H groups in total. The highest BCUT2D eigenvalue weighted by Crippen LogP contribution is 2.32. The molecule has 0 saturated carbocycles. The van der Waals surface area contributed by atoms with E-state index in [0.29, 0.717) is 23.2 Å². The number of hydrogen-bond acceptors (Lipinski definition) is 3. The van der Waals surface area contributed by atoms with Crippen LogP contribution in [0.2, 0.25) is 0 Å². The van der Waals surface area contributed by atoms with Crippen LogP contribution >= 0.6 is 0 Å². The summed E-state index contributed by atoms with van der Waals surface area (Å²) in [7, 11) is 0. The van der Waals surface area contributed by atoms with Crippen LogP contribution in [-0.4, -0.2) is 15.0 Å². The van der Waals surface area contributed by atoms with Crippen LogP contribution in [0.25, 0.3) is 83.2 Å². The van der Waals surface area contributed by atoms with E-state index in [1.54, 1.807) is 0 Å². The minimum atomic E-state index is 0.642. The molecule has 1 heterocycles. The van der Waals surface area contributed by atoms with Crippen LogP contribution in [0.4, 0.5) is 5.69 Å². The van der Waals surface area contributed by atoms with Crippen LogP contribution in [0.3, 0.4) is 0 Å².